The van der Waals surface area contributed by atoms with E-state index in [4.69, 9.17) is 0 Å². The van der Waals surface area contributed by atoms with E-state index in [1.54, 1.807) is 0 Å². The van der Waals surface area contributed by atoms with Crippen molar-refractivity contribution < 1.29 is 0 Å². The number of hydrogen-bond donors (Lipinski definition) is 0. The van der Waals surface area contributed by atoms with Crippen LogP contribution in [0.3, 0.4) is 0 Å². The molecule has 57 heavy (non-hydrogen) atoms. The normalized spacial score (nSPS) is 12.7. The van der Waals surface area contributed by atoms with E-state index in [0.717, 1.165) is 17.1 Å². The number of benzene rings is 9. The number of nitrogens with zero attached hydrogens (tertiary/aromatic N) is 1. The third kappa shape index (κ3) is 5.37. The van der Waals surface area contributed by atoms with Crippen LogP contribution in [0.25, 0.3) is 53.6 Å². The third-order valence-electron chi connectivity index (χ3n) is 11.7. The fraction of sp³-hybridized carbons (Fsp3) is 0.0182. The minimum absolute atomic E-state index is 0.456. The Kier molecular flexibility index (Phi) is 7.98. The highest BCUT2D eigenvalue weighted by molar-refractivity contribution is 7.26. The lowest BCUT2D eigenvalue weighted by Gasteiger charge is -2.34. The molecular weight excluding hydrogens is 707 g/mol. The third-order valence-corrected chi connectivity index (χ3v) is 12.9. The second-order valence-corrected chi connectivity index (χ2v) is 15.9. The molecule has 1 aliphatic rings. The molecule has 11 rings (SSSR count). The summed E-state index contributed by atoms with van der Waals surface area (Å²) in [6.45, 7) is 0. The van der Waals surface area contributed by atoms with Crippen molar-refractivity contribution in [2.45, 2.75) is 5.41 Å². The van der Waals surface area contributed by atoms with Gasteiger partial charge in [-0.15, -0.1) is 11.3 Å². The Bertz CT molecular complexity index is 3010. The zero-order valence-electron chi connectivity index (χ0n) is 31.2. The molecule has 0 aliphatic heterocycles. The van der Waals surface area contributed by atoms with Crippen molar-refractivity contribution in [3.05, 3.63) is 247 Å². The monoisotopic (exact) mass is 743 g/mol. The van der Waals surface area contributed by atoms with Gasteiger partial charge < -0.3 is 4.90 Å². The van der Waals surface area contributed by atoms with Crippen LogP contribution >= 0.6 is 11.3 Å². The average Bonchev–Trinajstić information content (AvgIpc) is 3.81. The fourth-order valence-electron chi connectivity index (χ4n) is 9.24. The van der Waals surface area contributed by atoms with Crippen LogP contribution in [0.15, 0.2) is 224 Å². The van der Waals surface area contributed by atoms with Crippen LogP contribution in [-0.4, -0.2) is 0 Å². The smallest absolute Gasteiger partial charge is 0.0727 e. The van der Waals surface area contributed by atoms with Crippen molar-refractivity contribution in [2.24, 2.45) is 0 Å². The second-order valence-electron chi connectivity index (χ2n) is 14.8. The average molecular weight is 744 g/mol. The molecule has 0 saturated carbocycles. The highest BCUT2D eigenvalue weighted by atomic mass is 32.1. The first-order chi connectivity index (χ1) is 28.3. The SMILES string of the molecule is c1ccc(-c2ccc(N(c3cccc(-c4ccccc4)c3)c3ccc4c(c3)sc3c(C5(c6ccccc6)c6ccccc6-c6ccccc65)cccc34)cc2)cc1. The molecule has 9 aromatic carbocycles. The summed E-state index contributed by atoms with van der Waals surface area (Å²) in [6.07, 6.45) is 0. The Morgan fingerprint density at radius 2 is 0.842 bits per heavy atom. The zero-order valence-corrected chi connectivity index (χ0v) is 32.0. The summed E-state index contributed by atoms with van der Waals surface area (Å²) in [4.78, 5) is 2.40. The number of anilines is 3. The Balaban J connectivity index is 1.12. The molecule has 0 radical (unpaired) electrons. The van der Waals surface area contributed by atoms with Gasteiger partial charge in [0.15, 0.2) is 0 Å². The molecule has 0 spiro atoms. The Hall–Kier alpha value is -7.00. The topological polar surface area (TPSA) is 3.24 Å². The predicted molar refractivity (Wildman–Crippen MR) is 242 cm³/mol. The van der Waals surface area contributed by atoms with E-state index in [1.165, 1.54) is 75.8 Å². The van der Waals surface area contributed by atoms with Gasteiger partial charge in [-0.2, -0.15) is 0 Å². The molecule has 1 heterocycles. The molecule has 268 valence electrons. The summed E-state index contributed by atoms with van der Waals surface area (Å²) in [5, 5.41) is 2.57. The lowest BCUT2D eigenvalue weighted by molar-refractivity contribution is 0.778. The first-order valence-electron chi connectivity index (χ1n) is 19.6. The molecule has 0 fully saturated rings. The van der Waals surface area contributed by atoms with E-state index in [-0.39, 0.29) is 0 Å². The molecule has 2 heteroatoms. The van der Waals surface area contributed by atoms with Crippen LogP contribution in [0.1, 0.15) is 22.3 Å². The van der Waals surface area contributed by atoms with Gasteiger partial charge in [0, 0.05) is 37.2 Å². The largest absolute Gasteiger partial charge is 0.310 e. The quantitative estimate of drug-likeness (QED) is 0.157. The Morgan fingerprint density at radius 1 is 0.333 bits per heavy atom. The fourth-order valence-corrected chi connectivity index (χ4v) is 10.5. The maximum Gasteiger partial charge on any atom is 0.0727 e. The van der Waals surface area contributed by atoms with Crippen molar-refractivity contribution in [1.82, 2.24) is 0 Å². The number of rotatable bonds is 7. The van der Waals surface area contributed by atoms with Crippen LogP contribution in [-0.2, 0) is 5.41 Å². The van der Waals surface area contributed by atoms with E-state index in [2.05, 4.69) is 229 Å². The minimum Gasteiger partial charge on any atom is -0.310 e. The standard InChI is InChI=1S/C55H37NS/c1-4-16-38(17-5-1)40-30-32-43(33-31-40)56(44-23-14-20-41(36-44)39-18-6-2-7-19-39)45-34-35-48-49-26-15-29-52(54(49)57-53(48)37-45)55(42-21-8-3-9-22-42)50-27-12-10-24-46(50)47-25-11-13-28-51(47)55/h1-37H. The van der Waals surface area contributed by atoms with Gasteiger partial charge in [-0.3, -0.25) is 0 Å². The van der Waals surface area contributed by atoms with E-state index in [9.17, 15) is 0 Å². The van der Waals surface area contributed by atoms with Crippen molar-refractivity contribution in [1.29, 1.82) is 0 Å². The summed E-state index contributed by atoms with van der Waals surface area (Å²) in [5.74, 6) is 0. The highest BCUT2D eigenvalue weighted by Crippen LogP contribution is 2.58. The van der Waals surface area contributed by atoms with Crippen LogP contribution in [0.4, 0.5) is 17.1 Å². The van der Waals surface area contributed by atoms with Crippen molar-refractivity contribution in [3.8, 4) is 33.4 Å². The Morgan fingerprint density at radius 3 is 1.53 bits per heavy atom. The van der Waals surface area contributed by atoms with E-state index < -0.39 is 5.41 Å². The summed E-state index contributed by atoms with van der Waals surface area (Å²) >= 11 is 1.91. The first kappa shape index (κ1) is 33.3. The van der Waals surface area contributed by atoms with Crippen LogP contribution in [0, 0.1) is 0 Å². The van der Waals surface area contributed by atoms with Gasteiger partial charge in [0.05, 0.1) is 5.41 Å². The van der Waals surface area contributed by atoms with Gasteiger partial charge >= 0.3 is 0 Å². The van der Waals surface area contributed by atoms with Crippen molar-refractivity contribution in [2.75, 3.05) is 4.90 Å². The van der Waals surface area contributed by atoms with Gasteiger partial charge in [0.2, 0.25) is 0 Å². The highest BCUT2D eigenvalue weighted by Gasteiger charge is 2.47. The van der Waals surface area contributed by atoms with Crippen molar-refractivity contribution >= 4 is 48.6 Å². The summed E-state index contributed by atoms with van der Waals surface area (Å²) in [5.41, 5.74) is 15.6. The molecule has 0 saturated heterocycles. The first-order valence-corrected chi connectivity index (χ1v) is 20.4. The Labute approximate surface area is 337 Å². The van der Waals surface area contributed by atoms with Crippen LogP contribution in [0.2, 0.25) is 0 Å². The summed E-state index contributed by atoms with van der Waals surface area (Å²) in [7, 11) is 0. The lowest BCUT2D eigenvalue weighted by Crippen LogP contribution is -2.28. The predicted octanol–water partition coefficient (Wildman–Crippen LogP) is 15.2. The van der Waals surface area contributed by atoms with Gasteiger partial charge in [-0.1, -0.05) is 188 Å². The molecule has 1 aliphatic carbocycles. The molecule has 0 bridgehead atoms. The molecule has 0 unspecified atom stereocenters. The number of thiophene rings is 1. The minimum atomic E-state index is -0.456. The number of fused-ring (bicyclic) bond motifs is 6. The summed E-state index contributed by atoms with van der Waals surface area (Å²) < 4.78 is 2.59. The van der Waals surface area contributed by atoms with Crippen LogP contribution in [0.5, 0.6) is 0 Å². The molecule has 10 aromatic rings. The van der Waals surface area contributed by atoms with Gasteiger partial charge in [-0.25, -0.2) is 0 Å². The maximum atomic E-state index is 2.40. The second kappa shape index (κ2) is 13.6. The van der Waals surface area contributed by atoms with Crippen LogP contribution < -0.4 is 4.90 Å². The maximum absolute atomic E-state index is 2.40. The molecular formula is C55H37NS. The molecule has 1 nitrogen and oxygen atoms in total. The molecule has 1 aromatic heterocycles. The van der Waals surface area contributed by atoms with E-state index in [1.807, 2.05) is 11.3 Å². The molecule has 0 amide bonds. The van der Waals surface area contributed by atoms with Gasteiger partial charge in [0.25, 0.3) is 0 Å². The molecule has 0 atom stereocenters. The lowest BCUT2D eigenvalue weighted by atomic mass is 9.67. The van der Waals surface area contributed by atoms with Gasteiger partial charge in [-0.05, 0) is 92.0 Å². The zero-order chi connectivity index (χ0) is 37.8. The number of hydrogen-bond acceptors (Lipinski definition) is 2. The summed E-state index contributed by atoms with van der Waals surface area (Å²) in [6, 6.07) is 82.3. The van der Waals surface area contributed by atoms with E-state index >= 15 is 0 Å². The molecule has 0 N–H and O–H groups in total. The van der Waals surface area contributed by atoms with E-state index in [0.29, 0.717) is 0 Å². The van der Waals surface area contributed by atoms with Crippen molar-refractivity contribution in [3.63, 3.8) is 0 Å². The van der Waals surface area contributed by atoms with Gasteiger partial charge in [0.1, 0.15) is 0 Å².